The summed E-state index contributed by atoms with van der Waals surface area (Å²) < 4.78 is 0. The van der Waals surface area contributed by atoms with Crippen molar-refractivity contribution in [3.8, 4) is 0 Å². The second-order valence-corrected chi connectivity index (χ2v) is 8.66. The molecule has 0 aromatic heterocycles. The Kier molecular flexibility index (Phi) is 3.00. The number of nitrogens with one attached hydrogen (secondary N) is 1. The van der Waals surface area contributed by atoms with Crippen LogP contribution in [0.25, 0.3) is 0 Å². The van der Waals surface area contributed by atoms with Gasteiger partial charge in [-0.25, -0.2) is 0 Å². The summed E-state index contributed by atoms with van der Waals surface area (Å²) in [5.41, 5.74) is 1.39. The molecule has 2 nitrogen and oxygen atoms in total. The van der Waals surface area contributed by atoms with Crippen LogP contribution < -0.4 is 5.32 Å². The predicted octanol–water partition coefficient (Wildman–Crippen LogP) is 3.90. The van der Waals surface area contributed by atoms with Gasteiger partial charge in [0.1, 0.15) is 0 Å². The number of hydrogen-bond donors (Lipinski definition) is 1. The van der Waals surface area contributed by atoms with Gasteiger partial charge in [0.15, 0.2) is 0 Å². The molecule has 2 heteroatoms. The van der Waals surface area contributed by atoms with Crippen LogP contribution in [0.3, 0.4) is 0 Å². The van der Waals surface area contributed by atoms with Crippen LogP contribution in [0.2, 0.25) is 0 Å². The van der Waals surface area contributed by atoms with Gasteiger partial charge in [0, 0.05) is 13.0 Å². The zero-order valence-corrected chi connectivity index (χ0v) is 12.8. The Morgan fingerprint density at radius 2 is 1.74 bits per heavy atom. The molecule has 4 rings (SSSR count). The maximum atomic E-state index is 12.2. The Hall–Kier alpha value is -0.530. The fraction of sp³-hybridized carbons (Fsp3) is 0.941. The topological polar surface area (TPSA) is 29.1 Å². The predicted molar refractivity (Wildman–Crippen MR) is 77.8 cm³/mol. The third-order valence-corrected chi connectivity index (χ3v) is 5.85. The zero-order valence-electron chi connectivity index (χ0n) is 12.8. The van der Waals surface area contributed by atoms with Gasteiger partial charge in [-0.15, -0.1) is 0 Å². The Labute approximate surface area is 117 Å². The van der Waals surface area contributed by atoms with Crippen molar-refractivity contribution in [1.82, 2.24) is 5.32 Å². The number of carbonyl (C=O) groups excluding carboxylic acids is 1. The highest BCUT2D eigenvalue weighted by atomic mass is 16.1. The van der Waals surface area contributed by atoms with Crippen molar-refractivity contribution >= 4 is 5.91 Å². The molecular weight excluding hydrogens is 234 g/mol. The van der Waals surface area contributed by atoms with Crippen LogP contribution in [0.5, 0.6) is 0 Å². The molecule has 4 saturated carbocycles. The van der Waals surface area contributed by atoms with Crippen molar-refractivity contribution in [2.75, 3.05) is 6.54 Å². The van der Waals surface area contributed by atoms with E-state index >= 15 is 0 Å². The Morgan fingerprint density at radius 3 is 2.26 bits per heavy atom. The summed E-state index contributed by atoms with van der Waals surface area (Å²) in [5.74, 6) is 1.20. The summed E-state index contributed by atoms with van der Waals surface area (Å²) in [6.45, 7) is 7.92. The number of rotatable bonds is 4. The van der Waals surface area contributed by atoms with E-state index in [-0.39, 0.29) is 0 Å². The highest BCUT2D eigenvalue weighted by Crippen LogP contribution is 2.70. The van der Waals surface area contributed by atoms with Gasteiger partial charge in [0.25, 0.3) is 0 Å². The number of amides is 1. The standard InChI is InChI=1S/C17H29NO/c1-4-5-18-14(19)9-17-8-13-6-15(2,11-17)10-16(3,7-13)12-17/h13H,4-12H2,1-3H3,(H,18,19). The lowest BCUT2D eigenvalue weighted by molar-refractivity contribution is -0.156. The first-order valence-electron chi connectivity index (χ1n) is 8.13. The normalized spacial score (nSPS) is 47.4. The lowest BCUT2D eigenvalue weighted by atomic mass is 9.40. The average Bonchev–Trinajstić information content (AvgIpc) is 2.20. The van der Waals surface area contributed by atoms with Gasteiger partial charge in [0.05, 0.1) is 0 Å². The summed E-state index contributed by atoms with van der Waals surface area (Å²) in [6.07, 6.45) is 9.97. The van der Waals surface area contributed by atoms with Gasteiger partial charge in [-0.05, 0) is 67.1 Å². The fourth-order valence-corrected chi connectivity index (χ4v) is 6.55. The summed E-state index contributed by atoms with van der Waals surface area (Å²) in [6, 6.07) is 0. The average molecular weight is 263 g/mol. The lowest BCUT2D eigenvalue weighted by Gasteiger charge is -2.65. The van der Waals surface area contributed by atoms with Gasteiger partial charge in [-0.2, -0.15) is 0 Å². The van der Waals surface area contributed by atoms with Crippen LogP contribution in [-0.4, -0.2) is 12.5 Å². The second-order valence-electron chi connectivity index (χ2n) is 8.66. The van der Waals surface area contributed by atoms with Crippen LogP contribution in [0.1, 0.15) is 72.1 Å². The summed E-state index contributed by atoms with van der Waals surface area (Å²) in [5, 5.41) is 3.09. The quantitative estimate of drug-likeness (QED) is 0.819. The lowest BCUT2D eigenvalue weighted by Crippen LogP contribution is -2.56. The van der Waals surface area contributed by atoms with E-state index in [1.807, 2.05) is 0 Å². The number of carbonyl (C=O) groups is 1. The molecule has 4 aliphatic rings. The van der Waals surface area contributed by atoms with E-state index in [9.17, 15) is 4.79 Å². The van der Waals surface area contributed by atoms with Gasteiger partial charge >= 0.3 is 0 Å². The van der Waals surface area contributed by atoms with Crippen LogP contribution in [0.15, 0.2) is 0 Å². The van der Waals surface area contributed by atoms with E-state index in [0.29, 0.717) is 22.2 Å². The van der Waals surface area contributed by atoms with Gasteiger partial charge in [-0.3, -0.25) is 4.79 Å². The molecule has 4 aliphatic carbocycles. The zero-order chi connectivity index (χ0) is 13.7. The smallest absolute Gasteiger partial charge is 0.220 e. The molecule has 0 saturated heterocycles. The molecule has 0 radical (unpaired) electrons. The second kappa shape index (κ2) is 4.23. The Balaban J connectivity index is 1.75. The van der Waals surface area contributed by atoms with E-state index in [4.69, 9.17) is 0 Å². The Morgan fingerprint density at radius 1 is 1.11 bits per heavy atom. The van der Waals surface area contributed by atoms with Crippen molar-refractivity contribution in [2.45, 2.75) is 72.1 Å². The van der Waals surface area contributed by atoms with Crippen molar-refractivity contribution in [1.29, 1.82) is 0 Å². The van der Waals surface area contributed by atoms with Gasteiger partial charge in [-0.1, -0.05) is 20.8 Å². The molecule has 19 heavy (non-hydrogen) atoms. The molecule has 2 unspecified atom stereocenters. The molecular formula is C17H29NO. The SMILES string of the molecule is CCCNC(=O)CC12CC3CC(C)(CC(C)(C3)C1)C2. The first-order valence-corrected chi connectivity index (χ1v) is 8.13. The van der Waals surface area contributed by atoms with E-state index in [0.717, 1.165) is 25.3 Å². The maximum Gasteiger partial charge on any atom is 0.220 e. The van der Waals surface area contributed by atoms with Crippen molar-refractivity contribution < 1.29 is 4.79 Å². The van der Waals surface area contributed by atoms with E-state index in [2.05, 4.69) is 26.1 Å². The first kappa shape index (κ1) is 13.5. The Bertz CT molecular complexity index is 371. The molecule has 2 atom stereocenters. The maximum absolute atomic E-state index is 12.2. The third-order valence-electron chi connectivity index (χ3n) is 5.85. The van der Waals surface area contributed by atoms with Crippen LogP contribution in [0, 0.1) is 22.2 Å². The molecule has 4 bridgehead atoms. The molecule has 1 amide bonds. The van der Waals surface area contributed by atoms with Crippen molar-refractivity contribution in [3.05, 3.63) is 0 Å². The van der Waals surface area contributed by atoms with Crippen LogP contribution in [-0.2, 0) is 4.79 Å². The fourth-order valence-electron chi connectivity index (χ4n) is 6.55. The highest BCUT2D eigenvalue weighted by molar-refractivity contribution is 5.76. The molecule has 0 spiro atoms. The molecule has 1 N–H and O–H groups in total. The van der Waals surface area contributed by atoms with Crippen molar-refractivity contribution in [2.24, 2.45) is 22.2 Å². The van der Waals surface area contributed by atoms with Crippen LogP contribution >= 0.6 is 0 Å². The van der Waals surface area contributed by atoms with Crippen molar-refractivity contribution in [3.63, 3.8) is 0 Å². The first-order chi connectivity index (χ1) is 8.86. The molecule has 108 valence electrons. The van der Waals surface area contributed by atoms with Gasteiger partial charge < -0.3 is 5.32 Å². The molecule has 4 fully saturated rings. The minimum atomic E-state index is 0.302. The largest absolute Gasteiger partial charge is 0.356 e. The van der Waals surface area contributed by atoms with E-state index in [1.54, 1.807) is 0 Å². The summed E-state index contributed by atoms with van der Waals surface area (Å²) in [7, 11) is 0. The molecule has 0 aromatic carbocycles. The minimum absolute atomic E-state index is 0.302. The van der Waals surface area contributed by atoms with Gasteiger partial charge in [0.2, 0.25) is 5.91 Å². The van der Waals surface area contributed by atoms with E-state index in [1.165, 1.54) is 38.5 Å². The molecule has 0 heterocycles. The molecule has 0 aliphatic heterocycles. The van der Waals surface area contributed by atoms with E-state index < -0.39 is 0 Å². The highest BCUT2D eigenvalue weighted by Gasteiger charge is 2.60. The molecule has 0 aromatic rings. The number of hydrogen-bond acceptors (Lipinski definition) is 1. The monoisotopic (exact) mass is 263 g/mol. The third kappa shape index (κ3) is 2.43. The van der Waals surface area contributed by atoms with Crippen LogP contribution in [0.4, 0.5) is 0 Å². The summed E-state index contributed by atoms with van der Waals surface area (Å²) >= 11 is 0. The minimum Gasteiger partial charge on any atom is -0.356 e. The summed E-state index contributed by atoms with van der Waals surface area (Å²) in [4.78, 5) is 12.2.